The molecule has 1 N–H and O–H groups in total. The molecule has 3 heterocycles. The number of carbonyl (C=O) groups is 1. The van der Waals surface area contributed by atoms with Crippen LogP contribution >= 0.6 is 0 Å². The highest BCUT2D eigenvalue weighted by Gasteiger charge is 2.09. The summed E-state index contributed by atoms with van der Waals surface area (Å²) in [7, 11) is 0. The van der Waals surface area contributed by atoms with E-state index < -0.39 is 0 Å². The Morgan fingerprint density at radius 2 is 2.25 bits per heavy atom. The SMILES string of the molecule is CCCc1noc(CCC(=O)Nc2ccc(-n3ccnc3)nc2)n1. The maximum absolute atomic E-state index is 12.0. The second-order valence-corrected chi connectivity index (χ2v) is 5.28. The number of hydrogen-bond acceptors (Lipinski definition) is 6. The Balaban J connectivity index is 1.51. The van der Waals surface area contributed by atoms with Gasteiger partial charge in [0, 0.05) is 31.7 Å². The molecule has 1 amide bonds. The van der Waals surface area contributed by atoms with E-state index in [1.54, 1.807) is 35.6 Å². The number of nitrogens with one attached hydrogen (secondary N) is 1. The third-order valence-electron chi connectivity index (χ3n) is 3.35. The van der Waals surface area contributed by atoms with E-state index in [1.807, 2.05) is 6.07 Å². The summed E-state index contributed by atoms with van der Waals surface area (Å²) >= 11 is 0. The van der Waals surface area contributed by atoms with Gasteiger partial charge in [0.05, 0.1) is 11.9 Å². The zero-order valence-corrected chi connectivity index (χ0v) is 13.3. The molecule has 8 nitrogen and oxygen atoms in total. The highest BCUT2D eigenvalue weighted by atomic mass is 16.5. The van der Waals surface area contributed by atoms with Crippen molar-refractivity contribution in [2.75, 3.05) is 5.32 Å². The average molecular weight is 326 g/mol. The normalized spacial score (nSPS) is 10.7. The molecule has 0 spiro atoms. The fraction of sp³-hybridized carbons (Fsp3) is 0.312. The number of nitrogens with zero attached hydrogens (tertiary/aromatic N) is 5. The Hall–Kier alpha value is -3.03. The van der Waals surface area contributed by atoms with Crippen LogP contribution in [0.4, 0.5) is 5.69 Å². The minimum atomic E-state index is -0.123. The number of rotatable bonds is 7. The summed E-state index contributed by atoms with van der Waals surface area (Å²) in [5.74, 6) is 1.79. The summed E-state index contributed by atoms with van der Waals surface area (Å²) in [6.45, 7) is 2.05. The smallest absolute Gasteiger partial charge is 0.227 e. The Morgan fingerprint density at radius 3 is 2.96 bits per heavy atom. The van der Waals surface area contributed by atoms with Crippen molar-refractivity contribution in [3.05, 3.63) is 48.8 Å². The van der Waals surface area contributed by atoms with E-state index in [2.05, 4.69) is 32.3 Å². The van der Waals surface area contributed by atoms with Crippen LogP contribution in [0.3, 0.4) is 0 Å². The summed E-state index contributed by atoms with van der Waals surface area (Å²) in [5.41, 5.74) is 0.640. The quantitative estimate of drug-likeness (QED) is 0.714. The molecule has 0 fully saturated rings. The Labute approximate surface area is 138 Å². The molecular formula is C16H18N6O2. The van der Waals surface area contributed by atoms with Crippen LogP contribution in [0.5, 0.6) is 0 Å². The lowest BCUT2D eigenvalue weighted by molar-refractivity contribution is -0.116. The van der Waals surface area contributed by atoms with Gasteiger partial charge in [0.1, 0.15) is 12.1 Å². The van der Waals surface area contributed by atoms with Crippen LogP contribution in [0.2, 0.25) is 0 Å². The second-order valence-electron chi connectivity index (χ2n) is 5.28. The van der Waals surface area contributed by atoms with E-state index in [0.29, 0.717) is 23.8 Å². The summed E-state index contributed by atoms with van der Waals surface area (Å²) in [6, 6.07) is 3.61. The van der Waals surface area contributed by atoms with Crippen molar-refractivity contribution in [1.82, 2.24) is 24.7 Å². The molecule has 0 radical (unpaired) electrons. The Kier molecular flexibility index (Phi) is 4.95. The molecule has 0 aliphatic heterocycles. The molecule has 0 atom stereocenters. The fourth-order valence-electron chi connectivity index (χ4n) is 2.17. The summed E-state index contributed by atoms with van der Waals surface area (Å²) in [6.07, 6.45) is 9.20. The number of hydrogen-bond donors (Lipinski definition) is 1. The van der Waals surface area contributed by atoms with Crippen molar-refractivity contribution in [1.29, 1.82) is 0 Å². The predicted octanol–water partition coefficient (Wildman–Crippen LogP) is 2.17. The lowest BCUT2D eigenvalue weighted by atomic mass is 10.3. The van der Waals surface area contributed by atoms with E-state index in [4.69, 9.17) is 4.52 Å². The number of pyridine rings is 1. The third-order valence-corrected chi connectivity index (χ3v) is 3.35. The molecular weight excluding hydrogens is 308 g/mol. The standard InChI is InChI=1S/C16H18N6O2/c1-2-3-13-20-16(24-21-13)7-6-15(23)19-12-4-5-14(18-10-12)22-9-8-17-11-22/h4-5,8-11H,2-3,6-7H2,1H3,(H,19,23). The van der Waals surface area contributed by atoms with Gasteiger partial charge >= 0.3 is 0 Å². The molecule has 0 saturated carbocycles. The first kappa shape index (κ1) is 15.9. The average Bonchev–Trinajstić information content (AvgIpc) is 3.26. The minimum absolute atomic E-state index is 0.123. The molecule has 3 aromatic heterocycles. The van der Waals surface area contributed by atoms with E-state index >= 15 is 0 Å². The van der Waals surface area contributed by atoms with Gasteiger partial charge in [0.15, 0.2) is 5.82 Å². The topological polar surface area (TPSA) is 98.7 Å². The molecule has 24 heavy (non-hydrogen) atoms. The molecule has 8 heteroatoms. The number of amides is 1. The highest BCUT2D eigenvalue weighted by molar-refractivity contribution is 5.90. The van der Waals surface area contributed by atoms with Crippen molar-refractivity contribution in [3.8, 4) is 5.82 Å². The van der Waals surface area contributed by atoms with Crippen LogP contribution in [0.25, 0.3) is 5.82 Å². The summed E-state index contributed by atoms with van der Waals surface area (Å²) in [5, 5.41) is 6.67. The van der Waals surface area contributed by atoms with Crippen LogP contribution < -0.4 is 5.32 Å². The van der Waals surface area contributed by atoms with Gasteiger partial charge in [0.25, 0.3) is 0 Å². The van der Waals surface area contributed by atoms with Crippen molar-refractivity contribution < 1.29 is 9.32 Å². The summed E-state index contributed by atoms with van der Waals surface area (Å²) < 4.78 is 6.90. The minimum Gasteiger partial charge on any atom is -0.339 e. The maximum Gasteiger partial charge on any atom is 0.227 e. The van der Waals surface area contributed by atoms with Crippen molar-refractivity contribution in [2.24, 2.45) is 0 Å². The number of aromatic nitrogens is 5. The van der Waals surface area contributed by atoms with Crippen LogP contribution in [-0.4, -0.2) is 30.6 Å². The lowest BCUT2D eigenvalue weighted by Gasteiger charge is -2.05. The van der Waals surface area contributed by atoms with Gasteiger partial charge in [0.2, 0.25) is 11.8 Å². The van der Waals surface area contributed by atoms with E-state index in [0.717, 1.165) is 18.7 Å². The van der Waals surface area contributed by atoms with Gasteiger partial charge in [-0.1, -0.05) is 12.1 Å². The molecule has 0 unspecified atom stereocenters. The van der Waals surface area contributed by atoms with Crippen LogP contribution in [0, 0.1) is 0 Å². The first-order valence-corrected chi connectivity index (χ1v) is 7.80. The van der Waals surface area contributed by atoms with Gasteiger partial charge in [-0.25, -0.2) is 9.97 Å². The third kappa shape index (κ3) is 4.03. The largest absolute Gasteiger partial charge is 0.339 e. The molecule has 0 aliphatic carbocycles. The Morgan fingerprint density at radius 1 is 1.33 bits per heavy atom. The van der Waals surface area contributed by atoms with Crippen molar-refractivity contribution in [3.63, 3.8) is 0 Å². The van der Waals surface area contributed by atoms with Gasteiger partial charge in [-0.15, -0.1) is 0 Å². The number of imidazole rings is 1. The van der Waals surface area contributed by atoms with E-state index in [9.17, 15) is 4.79 Å². The molecule has 124 valence electrons. The Bertz CT molecular complexity index is 779. The van der Waals surface area contributed by atoms with Crippen molar-refractivity contribution in [2.45, 2.75) is 32.6 Å². The van der Waals surface area contributed by atoms with Crippen LogP contribution in [0.15, 0.2) is 41.6 Å². The monoisotopic (exact) mass is 326 g/mol. The number of aryl methyl sites for hydroxylation is 2. The fourth-order valence-corrected chi connectivity index (χ4v) is 2.17. The first-order chi connectivity index (χ1) is 11.7. The second kappa shape index (κ2) is 7.49. The molecule has 0 aromatic carbocycles. The number of carbonyl (C=O) groups excluding carboxylic acids is 1. The predicted molar refractivity (Wildman–Crippen MR) is 86.6 cm³/mol. The van der Waals surface area contributed by atoms with Gasteiger partial charge in [-0.3, -0.25) is 9.36 Å². The van der Waals surface area contributed by atoms with Gasteiger partial charge in [-0.2, -0.15) is 4.98 Å². The van der Waals surface area contributed by atoms with Crippen LogP contribution in [-0.2, 0) is 17.6 Å². The molecule has 0 bridgehead atoms. The number of anilines is 1. The summed E-state index contributed by atoms with van der Waals surface area (Å²) in [4.78, 5) is 24.5. The first-order valence-electron chi connectivity index (χ1n) is 7.80. The van der Waals surface area contributed by atoms with E-state index in [-0.39, 0.29) is 12.3 Å². The maximum atomic E-state index is 12.0. The van der Waals surface area contributed by atoms with E-state index in [1.165, 1.54) is 0 Å². The zero-order valence-electron chi connectivity index (χ0n) is 13.3. The highest BCUT2D eigenvalue weighted by Crippen LogP contribution is 2.10. The molecule has 0 saturated heterocycles. The zero-order chi connectivity index (χ0) is 16.8. The van der Waals surface area contributed by atoms with Gasteiger partial charge in [-0.05, 0) is 18.6 Å². The molecule has 3 aromatic rings. The van der Waals surface area contributed by atoms with Gasteiger partial charge < -0.3 is 9.84 Å². The van der Waals surface area contributed by atoms with Crippen LogP contribution in [0.1, 0.15) is 31.5 Å². The molecule has 3 rings (SSSR count). The van der Waals surface area contributed by atoms with Crippen molar-refractivity contribution >= 4 is 11.6 Å². The lowest BCUT2D eigenvalue weighted by Crippen LogP contribution is -2.12. The molecule has 0 aliphatic rings.